The SMILES string of the molecule is C1CCCNCCNCCCNCC1.CC#N.Cn1c(CN2CCCN(Cc3cccc(=O)n3OCc3ccccc3)CCN(Cc3cccc(=O)n3OCc3ccccc3)CCCN(Cc3cccc(=O)n3OCc3ccccc3)CC2)cccc1=O.O=c1cccc(CN2CCCN(Cc3cccc(=O)n3O)CCN(Cc3cccc(=O)n3O)CCCN(Cc3cccc(=O)n3O)CC2)n1O. The topological polar surface area (TPSA) is 370 Å². The van der Waals surface area contributed by atoms with E-state index in [1.165, 1.54) is 115 Å². The van der Waals surface area contributed by atoms with E-state index in [9.17, 15) is 59.2 Å². The first-order valence-corrected chi connectivity index (χ1v) is 47.9. The molecule has 35 nitrogen and oxygen atoms in total. The van der Waals surface area contributed by atoms with Gasteiger partial charge >= 0.3 is 0 Å². The maximum atomic E-state index is 13.4. The van der Waals surface area contributed by atoms with E-state index in [-0.39, 0.29) is 42.1 Å². The zero-order chi connectivity index (χ0) is 97.4. The van der Waals surface area contributed by atoms with Crippen LogP contribution >= 0.6 is 0 Å². The summed E-state index contributed by atoms with van der Waals surface area (Å²) in [6, 6.07) is 70.6. The third-order valence-corrected chi connectivity index (χ3v) is 24.3. The summed E-state index contributed by atoms with van der Waals surface area (Å²) in [5.74, 6) is 0. The maximum Gasteiger partial charge on any atom is 0.283 e. The lowest BCUT2D eigenvalue weighted by molar-refractivity contribution is 0.0682. The van der Waals surface area contributed by atoms with E-state index in [0.717, 1.165) is 78.5 Å². The lowest BCUT2D eigenvalue weighted by atomic mass is 10.2. The Hall–Kier alpha value is -13.1. The first-order valence-electron chi connectivity index (χ1n) is 47.9. The van der Waals surface area contributed by atoms with E-state index >= 15 is 0 Å². The van der Waals surface area contributed by atoms with Crippen LogP contribution in [0.5, 0.6) is 0 Å². The second-order valence-corrected chi connectivity index (χ2v) is 34.7. The summed E-state index contributed by atoms with van der Waals surface area (Å²) in [5, 5.41) is 59.4. The van der Waals surface area contributed by atoms with Crippen molar-refractivity contribution < 1.29 is 35.3 Å². The van der Waals surface area contributed by atoms with Crippen molar-refractivity contribution in [1.82, 2.24) is 92.8 Å². The molecule has 138 heavy (non-hydrogen) atoms. The lowest BCUT2D eigenvalue weighted by Crippen LogP contribution is -2.42. The highest BCUT2D eigenvalue weighted by molar-refractivity contribution is 5.19. The van der Waals surface area contributed by atoms with Gasteiger partial charge in [-0.25, -0.2) is 0 Å². The van der Waals surface area contributed by atoms with Crippen molar-refractivity contribution in [2.45, 2.75) is 137 Å². The van der Waals surface area contributed by atoms with Crippen LogP contribution in [-0.4, -0.2) is 242 Å². The monoisotopic (exact) mass is 1890 g/mol. The van der Waals surface area contributed by atoms with Gasteiger partial charge in [0.1, 0.15) is 19.8 Å². The quantitative estimate of drug-likeness (QED) is 0.0300. The summed E-state index contributed by atoms with van der Waals surface area (Å²) >= 11 is 0. The van der Waals surface area contributed by atoms with Gasteiger partial charge in [-0.05, 0) is 189 Å². The highest BCUT2D eigenvalue weighted by Gasteiger charge is 2.25. The standard InChI is InChI=1S/C56H64N8O7.C34H44N8O8.C11H25N3.C2H3N/c1-57-49(23-11-27-53(57)65)39-58-31-15-32-60(41-51-25-13-29-55(67)63(51)70-44-47-19-7-3-8-20-47)37-38-61(42-52-26-14-30-56(68)64(52)71-45-48-21-9-4-10-22-48)34-16-33-59(36-35-58)40-50-24-12-28-54(66)62(50)69-43-46-17-5-2-6-18-46;43-31-11-1-7-27(39(31)47)23-35-15-5-16-37(25-29-9-3-13-33(45)41(29)49)21-22-38(26-30-10-4-14-34(46)42(30)50)18-6-17-36(20-19-35)24-28-8-2-12-32(44)40(28)48;1-2-4-7-13-10-11-14-9-5-8-12-6-3-1;1-2-3/h2-14,17-30H,15-16,31-45H2,1H3;1-4,7-14,47-50H,5-6,15-26H2;12-14H,1-11H2;1H3. The Kier molecular flexibility index (Phi) is 44.2. The molecular formula is C103H136N20O15. The van der Waals surface area contributed by atoms with Gasteiger partial charge in [-0.15, -0.1) is 14.2 Å². The summed E-state index contributed by atoms with van der Waals surface area (Å²) in [6.07, 6.45) is 9.56. The molecule has 3 aliphatic rings. The predicted molar refractivity (Wildman–Crippen MR) is 529 cm³/mol. The minimum absolute atomic E-state index is 0.0573. The van der Waals surface area contributed by atoms with E-state index in [1.807, 2.05) is 128 Å². The summed E-state index contributed by atoms with van der Waals surface area (Å²) < 4.78 is 8.54. The number of nitrogens with one attached hydrogen (secondary N) is 3. The maximum absolute atomic E-state index is 13.4. The zero-order valence-electron chi connectivity index (χ0n) is 79.6. The average molecular weight is 1890 g/mol. The van der Waals surface area contributed by atoms with Crippen LogP contribution in [0.2, 0.25) is 0 Å². The van der Waals surface area contributed by atoms with Gasteiger partial charge in [0.25, 0.3) is 38.9 Å². The molecule has 8 aromatic heterocycles. The average Bonchev–Trinajstić information content (AvgIpc) is 0.836. The Bertz CT molecular complexity index is 5710. The highest BCUT2D eigenvalue weighted by Crippen LogP contribution is 2.18. The van der Waals surface area contributed by atoms with Crippen LogP contribution < -0.4 is 74.9 Å². The number of aromatic nitrogens is 8. The number of hydrogen-bond acceptors (Lipinski definition) is 27. The number of hydrogen-bond donors (Lipinski definition) is 7. The van der Waals surface area contributed by atoms with Crippen LogP contribution in [0.15, 0.2) is 275 Å². The first-order chi connectivity index (χ1) is 67.2. The molecule has 35 heteroatoms. The largest absolute Gasteiger partial charge is 0.425 e. The van der Waals surface area contributed by atoms with Crippen molar-refractivity contribution in [2.75, 3.05) is 144 Å². The van der Waals surface area contributed by atoms with E-state index < -0.39 is 22.2 Å². The Balaban J connectivity index is 0.000000235. The molecule has 3 aliphatic heterocycles. The number of benzene rings is 3. The van der Waals surface area contributed by atoms with Crippen LogP contribution in [-0.2, 0) is 79.2 Å². The second-order valence-electron chi connectivity index (χ2n) is 34.7. The van der Waals surface area contributed by atoms with Crippen molar-refractivity contribution in [3.05, 3.63) is 382 Å². The van der Waals surface area contributed by atoms with Crippen molar-refractivity contribution in [2.24, 2.45) is 7.05 Å². The van der Waals surface area contributed by atoms with E-state index in [0.29, 0.717) is 205 Å². The van der Waals surface area contributed by atoms with Crippen molar-refractivity contribution in [3.63, 3.8) is 0 Å². The molecule has 0 unspecified atom stereocenters. The van der Waals surface area contributed by atoms with Gasteiger partial charge in [-0.2, -0.15) is 24.2 Å². The molecule has 7 N–H and O–H groups in total. The number of rotatable bonds is 25. The first kappa shape index (κ1) is 105. The Morgan fingerprint density at radius 3 is 0.725 bits per heavy atom. The normalized spacial score (nSPS) is 16.2. The molecule has 0 aliphatic carbocycles. The molecule has 0 bridgehead atoms. The molecule has 11 heterocycles. The number of nitriles is 1. The summed E-state index contributed by atoms with van der Waals surface area (Å²) in [4.78, 5) is 138. The summed E-state index contributed by atoms with van der Waals surface area (Å²) in [5.41, 5.74) is 4.85. The molecule has 0 radical (unpaired) electrons. The van der Waals surface area contributed by atoms with Gasteiger partial charge in [0, 0.05) is 186 Å². The Morgan fingerprint density at radius 1 is 0.246 bits per heavy atom. The molecule has 738 valence electrons. The molecule has 0 spiro atoms. The fraction of sp³-hybridized carbons (Fsp3) is 0.427. The van der Waals surface area contributed by atoms with Crippen LogP contribution in [0.1, 0.15) is 127 Å². The van der Waals surface area contributed by atoms with Crippen molar-refractivity contribution in [3.8, 4) is 6.07 Å². The molecule has 3 aromatic carbocycles. The molecule has 14 rings (SSSR count). The van der Waals surface area contributed by atoms with Gasteiger partial charge in [0.2, 0.25) is 5.56 Å². The minimum atomic E-state index is -0.529. The molecule has 0 saturated carbocycles. The fourth-order valence-electron chi connectivity index (χ4n) is 16.8. The Morgan fingerprint density at radius 2 is 0.457 bits per heavy atom. The summed E-state index contributed by atoms with van der Waals surface area (Å²) in [6.45, 7) is 22.1. The molecular weight excluding hydrogens is 1760 g/mol. The predicted octanol–water partition coefficient (Wildman–Crippen LogP) is 6.49. The molecule has 3 saturated heterocycles. The minimum Gasteiger partial charge on any atom is -0.425 e. The van der Waals surface area contributed by atoms with E-state index in [1.54, 1.807) is 83.4 Å². The van der Waals surface area contributed by atoms with Crippen LogP contribution in [0.4, 0.5) is 0 Å². The lowest BCUT2D eigenvalue weighted by Gasteiger charge is -2.33. The van der Waals surface area contributed by atoms with Gasteiger partial charge in [-0.1, -0.05) is 152 Å². The summed E-state index contributed by atoms with van der Waals surface area (Å²) in [7, 11) is 1.81. The van der Waals surface area contributed by atoms with Crippen LogP contribution in [0, 0.1) is 11.3 Å². The van der Waals surface area contributed by atoms with Crippen molar-refractivity contribution in [1.29, 1.82) is 5.26 Å². The van der Waals surface area contributed by atoms with E-state index in [2.05, 4.69) is 55.1 Å². The zero-order valence-corrected chi connectivity index (χ0v) is 79.6. The third kappa shape index (κ3) is 35.2. The molecule has 0 amide bonds. The smallest absolute Gasteiger partial charge is 0.283 e. The number of nitrogens with zero attached hydrogens (tertiary/aromatic N) is 17. The molecule has 0 atom stereocenters. The van der Waals surface area contributed by atoms with Gasteiger partial charge < -0.3 is 55.9 Å². The van der Waals surface area contributed by atoms with Gasteiger partial charge in [0.15, 0.2) is 0 Å². The van der Waals surface area contributed by atoms with Gasteiger partial charge in [0.05, 0.1) is 45.9 Å². The highest BCUT2D eigenvalue weighted by atomic mass is 16.7. The van der Waals surface area contributed by atoms with E-state index in [4.69, 9.17) is 19.8 Å². The van der Waals surface area contributed by atoms with Gasteiger partial charge in [-0.3, -0.25) is 77.6 Å². The molecule has 3 fully saturated rings. The van der Waals surface area contributed by atoms with Crippen LogP contribution in [0.3, 0.4) is 0 Å². The number of pyridine rings is 8. The second kappa shape index (κ2) is 57.8. The third-order valence-electron chi connectivity index (χ3n) is 24.3. The Labute approximate surface area is 804 Å². The van der Waals surface area contributed by atoms with Crippen molar-refractivity contribution >= 4 is 0 Å². The fourth-order valence-corrected chi connectivity index (χ4v) is 16.8. The molecule has 11 aromatic rings. The van der Waals surface area contributed by atoms with Crippen LogP contribution in [0.25, 0.3) is 0 Å².